The van der Waals surface area contributed by atoms with Gasteiger partial charge in [-0.25, -0.2) is 0 Å². The predicted octanol–water partition coefficient (Wildman–Crippen LogP) is 2.17. The molecule has 1 atom stereocenters. The number of amides is 2. The number of furan rings is 1. The van der Waals surface area contributed by atoms with Gasteiger partial charge < -0.3 is 14.6 Å². The first-order valence-corrected chi connectivity index (χ1v) is 7.16. The number of nitrogens with one attached hydrogen (secondary N) is 1. The summed E-state index contributed by atoms with van der Waals surface area (Å²) in [4.78, 5) is 25.8. The fourth-order valence-corrected chi connectivity index (χ4v) is 2.69. The minimum Gasteiger partial charge on any atom is -0.464 e. The molecule has 1 aromatic carbocycles. The number of carbonyl (C=O) groups is 2. The van der Waals surface area contributed by atoms with E-state index in [1.807, 2.05) is 18.2 Å². The van der Waals surface area contributed by atoms with Crippen LogP contribution in [0.4, 0.5) is 0 Å². The SMILES string of the molecule is CN1CCC(NC(=O)c2cccc3ccoc23)CCC1=O. The summed E-state index contributed by atoms with van der Waals surface area (Å²) >= 11 is 0. The van der Waals surface area contributed by atoms with Crippen molar-refractivity contribution in [3.8, 4) is 0 Å². The van der Waals surface area contributed by atoms with E-state index in [1.165, 1.54) is 0 Å². The second-order valence-corrected chi connectivity index (χ2v) is 5.46. The molecule has 5 heteroatoms. The Morgan fingerprint density at radius 2 is 2.19 bits per heavy atom. The second kappa shape index (κ2) is 5.60. The lowest BCUT2D eigenvalue weighted by atomic mass is 10.1. The maximum atomic E-state index is 12.4. The molecule has 0 spiro atoms. The third-order valence-electron chi connectivity index (χ3n) is 4.00. The van der Waals surface area contributed by atoms with Crippen molar-refractivity contribution in [2.24, 2.45) is 0 Å². The summed E-state index contributed by atoms with van der Waals surface area (Å²) in [6, 6.07) is 7.38. The molecule has 0 bridgehead atoms. The van der Waals surface area contributed by atoms with Crippen LogP contribution in [0, 0.1) is 0 Å². The number of carbonyl (C=O) groups excluding carboxylic acids is 2. The van der Waals surface area contributed by atoms with Crippen LogP contribution in [0.5, 0.6) is 0 Å². The molecule has 1 N–H and O–H groups in total. The monoisotopic (exact) mass is 286 g/mol. The van der Waals surface area contributed by atoms with E-state index in [4.69, 9.17) is 4.42 Å². The van der Waals surface area contributed by atoms with Crippen molar-refractivity contribution in [1.29, 1.82) is 0 Å². The van der Waals surface area contributed by atoms with E-state index >= 15 is 0 Å². The van der Waals surface area contributed by atoms with Gasteiger partial charge in [0.2, 0.25) is 5.91 Å². The lowest BCUT2D eigenvalue weighted by molar-refractivity contribution is -0.129. The third-order valence-corrected chi connectivity index (χ3v) is 4.00. The Bertz CT molecular complexity index is 677. The zero-order chi connectivity index (χ0) is 14.8. The van der Waals surface area contributed by atoms with Crippen LogP contribution in [0.25, 0.3) is 11.0 Å². The number of fused-ring (bicyclic) bond motifs is 1. The van der Waals surface area contributed by atoms with E-state index in [-0.39, 0.29) is 17.9 Å². The Kier molecular flexibility index (Phi) is 3.64. The van der Waals surface area contributed by atoms with Gasteiger partial charge in [-0.15, -0.1) is 0 Å². The summed E-state index contributed by atoms with van der Waals surface area (Å²) in [6.45, 7) is 0.675. The van der Waals surface area contributed by atoms with Gasteiger partial charge >= 0.3 is 0 Å². The summed E-state index contributed by atoms with van der Waals surface area (Å²) < 4.78 is 5.39. The molecule has 1 aliphatic rings. The van der Waals surface area contributed by atoms with Crippen molar-refractivity contribution < 1.29 is 14.0 Å². The van der Waals surface area contributed by atoms with E-state index in [9.17, 15) is 9.59 Å². The molecule has 2 amide bonds. The van der Waals surface area contributed by atoms with E-state index in [1.54, 1.807) is 24.3 Å². The van der Waals surface area contributed by atoms with Gasteiger partial charge in [-0.3, -0.25) is 9.59 Å². The zero-order valence-corrected chi connectivity index (χ0v) is 12.0. The van der Waals surface area contributed by atoms with Gasteiger partial charge in [0.15, 0.2) is 0 Å². The largest absolute Gasteiger partial charge is 0.464 e. The van der Waals surface area contributed by atoms with Crippen molar-refractivity contribution in [2.45, 2.75) is 25.3 Å². The molecule has 0 saturated carbocycles. The van der Waals surface area contributed by atoms with Crippen LogP contribution in [0.2, 0.25) is 0 Å². The fraction of sp³-hybridized carbons (Fsp3) is 0.375. The highest BCUT2D eigenvalue weighted by molar-refractivity contribution is 6.04. The van der Waals surface area contributed by atoms with Crippen molar-refractivity contribution in [3.05, 3.63) is 36.1 Å². The molecular weight excluding hydrogens is 268 g/mol. The van der Waals surface area contributed by atoms with Crippen LogP contribution in [0.3, 0.4) is 0 Å². The molecule has 1 aromatic heterocycles. The number of likely N-dealkylation sites (tertiary alicyclic amines) is 1. The number of nitrogens with zero attached hydrogens (tertiary/aromatic N) is 1. The van der Waals surface area contributed by atoms with Crippen LogP contribution < -0.4 is 5.32 Å². The van der Waals surface area contributed by atoms with Crippen LogP contribution in [0.15, 0.2) is 34.9 Å². The van der Waals surface area contributed by atoms with Crippen LogP contribution >= 0.6 is 0 Å². The summed E-state index contributed by atoms with van der Waals surface area (Å²) in [5.74, 6) is -0.00237. The molecule has 1 saturated heterocycles. The van der Waals surface area contributed by atoms with E-state index < -0.39 is 0 Å². The van der Waals surface area contributed by atoms with Gasteiger partial charge in [0, 0.05) is 31.4 Å². The number of hydrogen-bond donors (Lipinski definition) is 1. The lowest BCUT2D eigenvalue weighted by Crippen LogP contribution is -2.35. The summed E-state index contributed by atoms with van der Waals surface area (Å²) in [5.41, 5.74) is 1.15. The average molecular weight is 286 g/mol. The highest BCUT2D eigenvalue weighted by Gasteiger charge is 2.22. The molecule has 21 heavy (non-hydrogen) atoms. The maximum absolute atomic E-state index is 12.4. The molecule has 1 aliphatic heterocycles. The quantitative estimate of drug-likeness (QED) is 0.920. The van der Waals surface area contributed by atoms with Gasteiger partial charge in [-0.2, -0.15) is 0 Å². The summed E-state index contributed by atoms with van der Waals surface area (Å²) in [5, 5.41) is 3.94. The van der Waals surface area contributed by atoms with E-state index in [0.29, 0.717) is 30.5 Å². The molecule has 2 aromatic rings. The lowest BCUT2D eigenvalue weighted by Gasteiger charge is -2.16. The van der Waals surface area contributed by atoms with Gasteiger partial charge in [-0.1, -0.05) is 12.1 Å². The Morgan fingerprint density at radius 1 is 1.33 bits per heavy atom. The van der Waals surface area contributed by atoms with Crippen LogP contribution in [-0.4, -0.2) is 36.3 Å². The van der Waals surface area contributed by atoms with Crippen molar-refractivity contribution in [2.75, 3.05) is 13.6 Å². The van der Waals surface area contributed by atoms with Gasteiger partial charge in [0.25, 0.3) is 5.91 Å². The van der Waals surface area contributed by atoms with Crippen molar-refractivity contribution in [1.82, 2.24) is 10.2 Å². The van der Waals surface area contributed by atoms with Crippen molar-refractivity contribution >= 4 is 22.8 Å². The molecule has 0 radical (unpaired) electrons. The van der Waals surface area contributed by atoms with E-state index in [2.05, 4.69) is 5.32 Å². The smallest absolute Gasteiger partial charge is 0.255 e. The Balaban J connectivity index is 1.74. The standard InChI is InChI=1S/C16H18N2O3/c1-18-9-7-12(5-6-14(18)19)17-16(20)13-4-2-3-11-8-10-21-15(11)13/h2-4,8,10,12H,5-7,9H2,1H3,(H,17,20). The molecular formula is C16H18N2O3. The third kappa shape index (κ3) is 2.77. The Labute approximate surface area is 122 Å². The van der Waals surface area contributed by atoms with Gasteiger partial charge in [-0.05, 0) is 25.0 Å². The van der Waals surface area contributed by atoms with Crippen LogP contribution in [0.1, 0.15) is 29.6 Å². The molecule has 3 rings (SSSR count). The topological polar surface area (TPSA) is 62.6 Å². The van der Waals surface area contributed by atoms with E-state index in [0.717, 1.165) is 11.8 Å². The summed E-state index contributed by atoms with van der Waals surface area (Å²) in [7, 11) is 1.80. The maximum Gasteiger partial charge on any atom is 0.255 e. The first-order valence-electron chi connectivity index (χ1n) is 7.16. The first kappa shape index (κ1) is 13.7. The molecule has 1 fully saturated rings. The number of para-hydroxylation sites is 1. The summed E-state index contributed by atoms with van der Waals surface area (Å²) in [6.07, 6.45) is 3.53. The molecule has 1 unspecified atom stereocenters. The van der Waals surface area contributed by atoms with Gasteiger partial charge in [0.05, 0.1) is 11.8 Å². The molecule has 110 valence electrons. The molecule has 0 aliphatic carbocycles. The number of benzene rings is 1. The highest BCUT2D eigenvalue weighted by Crippen LogP contribution is 2.20. The number of rotatable bonds is 2. The predicted molar refractivity (Wildman–Crippen MR) is 79.0 cm³/mol. The van der Waals surface area contributed by atoms with Gasteiger partial charge in [0.1, 0.15) is 5.58 Å². The second-order valence-electron chi connectivity index (χ2n) is 5.46. The zero-order valence-electron chi connectivity index (χ0n) is 12.0. The number of hydrogen-bond acceptors (Lipinski definition) is 3. The Morgan fingerprint density at radius 3 is 3.05 bits per heavy atom. The minimum absolute atomic E-state index is 0.0246. The highest BCUT2D eigenvalue weighted by atomic mass is 16.3. The Hall–Kier alpha value is -2.30. The fourth-order valence-electron chi connectivity index (χ4n) is 2.69. The normalized spacial score (nSPS) is 19.6. The van der Waals surface area contributed by atoms with Crippen LogP contribution in [-0.2, 0) is 4.79 Å². The van der Waals surface area contributed by atoms with Crippen molar-refractivity contribution in [3.63, 3.8) is 0 Å². The minimum atomic E-state index is -0.141. The molecule has 2 heterocycles. The first-order chi connectivity index (χ1) is 10.1. The average Bonchev–Trinajstić information content (AvgIpc) is 2.91. The molecule has 5 nitrogen and oxygen atoms in total.